The Labute approximate surface area is 110 Å². The average Bonchev–Trinajstić information content (AvgIpc) is 2.39. The number of aryl methyl sites for hydroxylation is 2. The predicted molar refractivity (Wildman–Crippen MR) is 73.2 cm³/mol. The highest BCUT2D eigenvalue weighted by atomic mass is 16.2. The van der Waals surface area contributed by atoms with Crippen molar-refractivity contribution in [3.8, 4) is 0 Å². The molecule has 0 saturated heterocycles. The Kier molecular flexibility index (Phi) is 6.40. The number of pyridine rings is 1. The van der Waals surface area contributed by atoms with Crippen molar-refractivity contribution in [3.63, 3.8) is 0 Å². The summed E-state index contributed by atoms with van der Waals surface area (Å²) in [7, 11) is 0. The van der Waals surface area contributed by atoms with Gasteiger partial charge in [0.1, 0.15) is 0 Å². The summed E-state index contributed by atoms with van der Waals surface area (Å²) in [6, 6.07) is 4.14. The van der Waals surface area contributed by atoms with E-state index in [1.807, 2.05) is 24.2 Å². The van der Waals surface area contributed by atoms with Crippen LogP contribution in [0.1, 0.15) is 38.7 Å². The standard InChI is InChI=1S/C15H25N2O/c1-4-6-10-17(5-2)15(18)9-13-16-11-7-14(3)8-12-16/h7-8,11-12H,4-6,9-10,13H2,1-3H3/q+1. The smallest absolute Gasteiger partial charge is 0.228 e. The second-order valence-electron chi connectivity index (χ2n) is 4.69. The van der Waals surface area contributed by atoms with E-state index < -0.39 is 0 Å². The number of unbranched alkanes of at least 4 members (excludes halogenated alkanes) is 1. The first-order valence-electron chi connectivity index (χ1n) is 6.90. The van der Waals surface area contributed by atoms with E-state index >= 15 is 0 Å². The van der Waals surface area contributed by atoms with Crippen LogP contribution in [0.2, 0.25) is 0 Å². The van der Waals surface area contributed by atoms with Crippen LogP contribution < -0.4 is 4.57 Å². The number of carbonyl (C=O) groups is 1. The molecule has 0 aromatic carbocycles. The van der Waals surface area contributed by atoms with Crippen molar-refractivity contribution in [1.82, 2.24) is 4.90 Å². The lowest BCUT2D eigenvalue weighted by atomic mass is 10.2. The van der Waals surface area contributed by atoms with Crippen LogP contribution >= 0.6 is 0 Å². The highest BCUT2D eigenvalue weighted by Crippen LogP contribution is 1.99. The Bertz CT molecular complexity index is 359. The van der Waals surface area contributed by atoms with Gasteiger partial charge in [-0.1, -0.05) is 13.3 Å². The summed E-state index contributed by atoms with van der Waals surface area (Å²) in [5.41, 5.74) is 1.25. The molecule has 0 atom stereocenters. The second-order valence-corrected chi connectivity index (χ2v) is 4.69. The molecule has 0 N–H and O–H groups in total. The minimum absolute atomic E-state index is 0.263. The summed E-state index contributed by atoms with van der Waals surface area (Å²) in [5, 5.41) is 0. The lowest BCUT2D eigenvalue weighted by molar-refractivity contribution is -0.696. The Morgan fingerprint density at radius 1 is 1.28 bits per heavy atom. The Morgan fingerprint density at radius 3 is 2.50 bits per heavy atom. The van der Waals surface area contributed by atoms with Gasteiger partial charge in [0, 0.05) is 25.2 Å². The number of amides is 1. The van der Waals surface area contributed by atoms with E-state index in [9.17, 15) is 4.79 Å². The van der Waals surface area contributed by atoms with Gasteiger partial charge < -0.3 is 4.90 Å². The molecule has 3 nitrogen and oxygen atoms in total. The van der Waals surface area contributed by atoms with Gasteiger partial charge in [-0.3, -0.25) is 4.79 Å². The number of rotatable bonds is 7. The molecule has 1 aromatic heterocycles. The molecule has 0 radical (unpaired) electrons. The number of nitrogens with zero attached hydrogens (tertiary/aromatic N) is 2. The lowest BCUT2D eigenvalue weighted by Gasteiger charge is -2.19. The van der Waals surface area contributed by atoms with Crippen LogP contribution in [-0.4, -0.2) is 23.9 Å². The maximum absolute atomic E-state index is 12.0. The van der Waals surface area contributed by atoms with E-state index in [0.29, 0.717) is 6.42 Å². The van der Waals surface area contributed by atoms with Gasteiger partial charge in [-0.2, -0.15) is 0 Å². The molecule has 1 rings (SSSR count). The largest absolute Gasteiger partial charge is 0.343 e. The van der Waals surface area contributed by atoms with Crippen molar-refractivity contribution in [2.24, 2.45) is 0 Å². The molecule has 0 bridgehead atoms. The maximum atomic E-state index is 12.0. The molecule has 18 heavy (non-hydrogen) atoms. The molecular formula is C15H25N2O+. The molecule has 0 saturated carbocycles. The van der Waals surface area contributed by atoms with E-state index in [1.165, 1.54) is 5.56 Å². The molecule has 100 valence electrons. The lowest BCUT2D eigenvalue weighted by Crippen LogP contribution is -2.38. The summed E-state index contributed by atoms with van der Waals surface area (Å²) in [6.07, 6.45) is 6.88. The summed E-state index contributed by atoms with van der Waals surface area (Å²) in [6.45, 7) is 8.75. The minimum atomic E-state index is 0.263. The predicted octanol–water partition coefficient (Wildman–Crippen LogP) is 2.32. The van der Waals surface area contributed by atoms with Gasteiger partial charge in [-0.25, -0.2) is 4.57 Å². The first-order chi connectivity index (χ1) is 8.67. The third kappa shape index (κ3) is 4.86. The van der Waals surface area contributed by atoms with Crippen LogP contribution in [0.15, 0.2) is 24.5 Å². The summed E-state index contributed by atoms with van der Waals surface area (Å²) in [5.74, 6) is 0.263. The fourth-order valence-corrected chi connectivity index (χ4v) is 1.87. The topological polar surface area (TPSA) is 24.2 Å². The normalized spacial score (nSPS) is 10.4. The quantitative estimate of drug-likeness (QED) is 0.681. The van der Waals surface area contributed by atoms with E-state index in [-0.39, 0.29) is 5.91 Å². The van der Waals surface area contributed by atoms with Crippen molar-refractivity contribution in [1.29, 1.82) is 0 Å². The zero-order valence-electron chi connectivity index (χ0n) is 11.9. The fourth-order valence-electron chi connectivity index (χ4n) is 1.87. The average molecular weight is 249 g/mol. The Hall–Kier alpha value is -1.38. The minimum Gasteiger partial charge on any atom is -0.343 e. The third-order valence-corrected chi connectivity index (χ3v) is 3.16. The number of hydrogen-bond acceptors (Lipinski definition) is 1. The van der Waals surface area contributed by atoms with E-state index in [4.69, 9.17) is 0 Å². The van der Waals surface area contributed by atoms with Gasteiger partial charge in [0.05, 0.1) is 6.42 Å². The second kappa shape index (κ2) is 7.85. The number of carbonyl (C=O) groups excluding carboxylic acids is 1. The van der Waals surface area contributed by atoms with Gasteiger partial charge in [-0.15, -0.1) is 0 Å². The van der Waals surface area contributed by atoms with E-state index in [1.54, 1.807) is 0 Å². The molecule has 1 aromatic rings. The van der Waals surface area contributed by atoms with Crippen LogP contribution in [0.5, 0.6) is 0 Å². The van der Waals surface area contributed by atoms with Gasteiger partial charge in [0.2, 0.25) is 5.91 Å². The molecule has 3 heteroatoms. The van der Waals surface area contributed by atoms with Crippen molar-refractivity contribution >= 4 is 5.91 Å². The van der Waals surface area contributed by atoms with Crippen molar-refractivity contribution in [3.05, 3.63) is 30.1 Å². The highest BCUT2D eigenvalue weighted by Gasteiger charge is 2.12. The zero-order valence-corrected chi connectivity index (χ0v) is 11.9. The highest BCUT2D eigenvalue weighted by molar-refractivity contribution is 5.75. The molecular weight excluding hydrogens is 224 g/mol. The van der Waals surface area contributed by atoms with Crippen LogP contribution in [0.3, 0.4) is 0 Å². The van der Waals surface area contributed by atoms with Gasteiger partial charge >= 0.3 is 0 Å². The maximum Gasteiger partial charge on any atom is 0.228 e. The SMILES string of the molecule is CCCCN(CC)C(=O)CC[n+]1ccc(C)cc1. The van der Waals surface area contributed by atoms with Crippen LogP contribution in [0, 0.1) is 6.92 Å². The first-order valence-corrected chi connectivity index (χ1v) is 6.90. The summed E-state index contributed by atoms with van der Waals surface area (Å²) in [4.78, 5) is 14.0. The van der Waals surface area contributed by atoms with Crippen molar-refractivity contribution in [2.45, 2.75) is 46.6 Å². The monoisotopic (exact) mass is 249 g/mol. The zero-order chi connectivity index (χ0) is 13.4. The molecule has 0 spiro atoms. The Balaban J connectivity index is 2.41. The molecule has 0 fully saturated rings. The number of aromatic nitrogens is 1. The van der Waals surface area contributed by atoms with Gasteiger partial charge in [0.25, 0.3) is 0 Å². The third-order valence-electron chi connectivity index (χ3n) is 3.16. The molecule has 0 unspecified atom stereocenters. The molecule has 0 aliphatic heterocycles. The summed E-state index contributed by atoms with van der Waals surface area (Å²) >= 11 is 0. The Morgan fingerprint density at radius 2 is 1.94 bits per heavy atom. The molecule has 1 amide bonds. The van der Waals surface area contributed by atoms with Crippen LogP contribution in [0.25, 0.3) is 0 Å². The van der Waals surface area contributed by atoms with Gasteiger partial charge in [0.15, 0.2) is 18.9 Å². The van der Waals surface area contributed by atoms with Crippen LogP contribution in [0.4, 0.5) is 0 Å². The number of hydrogen-bond donors (Lipinski definition) is 0. The van der Waals surface area contributed by atoms with Crippen molar-refractivity contribution < 1.29 is 9.36 Å². The van der Waals surface area contributed by atoms with E-state index in [0.717, 1.165) is 32.5 Å². The molecule has 0 aliphatic rings. The van der Waals surface area contributed by atoms with Crippen molar-refractivity contribution in [2.75, 3.05) is 13.1 Å². The van der Waals surface area contributed by atoms with Crippen LogP contribution in [-0.2, 0) is 11.3 Å². The molecule has 1 heterocycles. The fraction of sp³-hybridized carbons (Fsp3) is 0.600. The molecule has 0 aliphatic carbocycles. The first kappa shape index (κ1) is 14.7. The summed E-state index contributed by atoms with van der Waals surface area (Å²) < 4.78 is 2.07. The van der Waals surface area contributed by atoms with Gasteiger partial charge in [-0.05, 0) is 25.8 Å². The van der Waals surface area contributed by atoms with E-state index in [2.05, 4.69) is 30.5 Å².